The molecule has 0 radical (unpaired) electrons. The number of anilines is 1. The fourth-order valence-corrected chi connectivity index (χ4v) is 3.01. The van der Waals surface area contributed by atoms with Crippen LogP contribution in [0.3, 0.4) is 0 Å². The van der Waals surface area contributed by atoms with E-state index in [0.717, 1.165) is 24.3 Å². The van der Waals surface area contributed by atoms with E-state index in [2.05, 4.69) is 24.2 Å². The van der Waals surface area contributed by atoms with Crippen LogP contribution >= 0.6 is 0 Å². The Morgan fingerprint density at radius 3 is 2.67 bits per heavy atom. The number of piperidine rings is 1. The van der Waals surface area contributed by atoms with Crippen molar-refractivity contribution in [3.63, 3.8) is 0 Å². The Balaban J connectivity index is 2.07. The molecule has 4 nitrogen and oxygen atoms in total. The van der Waals surface area contributed by atoms with Gasteiger partial charge >= 0.3 is 5.97 Å². The van der Waals surface area contributed by atoms with Gasteiger partial charge in [0.15, 0.2) is 0 Å². The van der Waals surface area contributed by atoms with Crippen molar-refractivity contribution in [2.24, 2.45) is 5.92 Å². The summed E-state index contributed by atoms with van der Waals surface area (Å²) in [5, 5.41) is 3.59. The minimum absolute atomic E-state index is 0.275. The van der Waals surface area contributed by atoms with Crippen molar-refractivity contribution in [2.75, 3.05) is 32.6 Å². The number of likely N-dealkylation sites (tertiary alicyclic amines) is 1. The Kier molecular flexibility index (Phi) is 5.23. The molecule has 1 fully saturated rings. The summed E-state index contributed by atoms with van der Waals surface area (Å²) < 4.78 is 4.83. The quantitative estimate of drug-likeness (QED) is 0.866. The van der Waals surface area contributed by atoms with Crippen LogP contribution in [0.4, 0.5) is 5.69 Å². The van der Waals surface area contributed by atoms with E-state index in [4.69, 9.17) is 4.74 Å². The van der Waals surface area contributed by atoms with Crippen LogP contribution < -0.4 is 5.32 Å². The van der Waals surface area contributed by atoms with E-state index in [1.165, 1.54) is 20.0 Å². The number of methoxy groups -OCH3 is 1. The van der Waals surface area contributed by atoms with Crippen molar-refractivity contribution in [1.82, 2.24) is 4.90 Å². The molecule has 4 heteroatoms. The van der Waals surface area contributed by atoms with Gasteiger partial charge in [0, 0.05) is 11.7 Å². The maximum atomic E-state index is 11.8. The SMILES string of the molecule is COC(=O)c1cccc(NC(C)C2CCN(C)CC2)c1C. The van der Waals surface area contributed by atoms with Crippen LogP contribution in [0, 0.1) is 12.8 Å². The van der Waals surface area contributed by atoms with Crippen LogP contribution in [0.25, 0.3) is 0 Å². The average molecular weight is 290 g/mol. The minimum atomic E-state index is -0.275. The van der Waals surface area contributed by atoms with Gasteiger partial charge in [-0.2, -0.15) is 0 Å². The molecule has 1 saturated heterocycles. The van der Waals surface area contributed by atoms with Gasteiger partial charge in [0.1, 0.15) is 0 Å². The molecule has 1 atom stereocenters. The van der Waals surface area contributed by atoms with Gasteiger partial charge in [-0.1, -0.05) is 6.07 Å². The molecule has 1 aromatic carbocycles. The summed E-state index contributed by atoms with van der Waals surface area (Å²) in [4.78, 5) is 14.1. The van der Waals surface area contributed by atoms with Gasteiger partial charge in [-0.25, -0.2) is 4.79 Å². The van der Waals surface area contributed by atoms with Gasteiger partial charge in [-0.05, 0) is 70.4 Å². The second-order valence-corrected chi connectivity index (χ2v) is 6.04. The summed E-state index contributed by atoms with van der Waals surface area (Å²) in [7, 11) is 3.60. The summed E-state index contributed by atoms with van der Waals surface area (Å²) in [6, 6.07) is 6.16. The number of carbonyl (C=O) groups excluding carboxylic acids is 1. The monoisotopic (exact) mass is 290 g/mol. The van der Waals surface area contributed by atoms with Crippen molar-refractivity contribution in [1.29, 1.82) is 0 Å². The lowest BCUT2D eigenvalue weighted by Crippen LogP contribution is -2.37. The molecular formula is C17H26N2O2. The highest BCUT2D eigenvalue weighted by Gasteiger charge is 2.23. The maximum Gasteiger partial charge on any atom is 0.338 e. The van der Waals surface area contributed by atoms with Crippen molar-refractivity contribution >= 4 is 11.7 Å². The predicted octanol–water partition coefficient (Wildman–Crippen LogP) is 2.92. The van der Waals surface area contributed by atoms with Gasteiger partial charge in [-0.3, -0.25) is 0 Å². The highest BCUT2D eigenvalue weighted by molar-refractivity contribution is 5.92. The number of nitrogens with zero attached hydrogens (tertiary/aromatic N) is 1. The predicted molar refractivity (Wildman–Crippen MR) is 85.8 cm³/mol. The van der Waals surface area contributed by atoms with Crippen LogP contribution in [0.15, 0.2) is 18.2 Å². The van der Waals surface area contributed by atoms with Crippen LogP contribution in [0.2, 0.25) is 0 Å². The molecule has 0 bridgehead atoms. The molecule has 2 rings (SSSR count). The molecule has 1 unspecified atom stereocenters. The van der Waals surface area contributed by atoms with Gasteiger partial charge in [0.05, 0.1) is 12.7 Å². The third-order valence-electron chi connectivity index (χ3n) is 4.59. The molecule has 0 spiro atoms. The molecule has 21 heavy (non-hydrogen) atoms. The van der Waals surface area contributed by atoms with E-state index >= 15 is 0 Å². The molecule has 1 heterocycles. The Morgan fingerprint density at radius 1 is 1.38 bits per heavy atom. The van der Waals surface area contributed by atoms with E-state index in [1.807, 2.05) is 25.1 Å². The van der Waals surface area contributed by atoms with Gasteiger partial charge in [0.25, 0.3) is 0 Å². The number of ether oxygens (including phenoxy) is 1. The van der Waals surface area contributed by atoms with Crippen LogP contribution in [0.1, 0.15) is 35.7 Å². The number of benzene rings is 1. The Labute approximate surface area is 127 Å². The van der Waals surface area contributed by atoms with Gasteiger partial charge in [-0.15, -0.1) is 0 Å². The molecule has 1 aromatic rings. The minimum Gasteiger partial charge on any atom is -0.465 e. The second-order valence-electron chi connectivity index (χ2n) is 6.04. The first-order chi connectivity index (χ1) is 10.0. The molecule has 0 aliphatic carbocycles. The number of esters is 1. The molecular weight excluding hydrogens is 264 g/mol. The highest BCUT2D eigenvalue weighted by Crippen LogP contribution is 2.25. The lowest BCUT2D eigenvalue weighted by Gasteiger charge is -2.33. The average Bonchev–Trinajstić information content (AvgIpc) is 2.49. The first-order valence-corrected chi connectivity index (χ1v) is 7.66. The van der Waals surface area contributed by atoms with Crippen LogP contribution in [-0.4, -0.2) is 44.2 Å². The zero-order valence-electron chi connectivity index (χ0n) is 13.5. The lowest BCUT2D eigenvalue weighted by atomic mass is 9.90. The first-order valence-electron chi connectivity index (χ1n) is 7.66. The van der Waals surface area contributed by atoms with Crippen molar-refractivity contribution in [3.05, 3.63) is 29.3 Å². The Morgan fingerprint density at radius 2 is 2.05 bits per heavy atom. The number of nitrogens with one attached hydrogen (secondary N) is 1. The maximum absolute atomic E-state index is 11.8. The standard InChI is InChI=1S/C17H26N2O2/c1-12-15(17(20)21-4)6-5-7-16(12)18-13(2)14-8-10-19(3)11-9-14/h5-7,13-14,18H,8-11H2,1-4H3. The van der Waals surface area contributed by atoms with Crippen LogP contribution in [-0.2, 0) is 4.74 Å². The first kappa shape index (κ1) is 15.8. The summed E-state index contributed by atoms with van der Waals surface area (Å²) in [6.45, 7) is 6.53. The van der Waals surface area contributed by atoms with Gasteiger partial charge < -0.3 is 15.0 Å². The summed E-state index contributed by atoms with van der Waals surface area (Å²) in [5.74, 6) is 0.408. The molecule has 116 valence electrons. The fourth-order valence-electron chi connectivity index (χ4n) is 3.01. The molecule has 0 saturated carbocycles. The van der Waals surface area contributed by atoms with Crippen LogP contribution in [0.5, 0.6) is 0 Å². The smallest absolute Gasteiger partial charge is 0.338 e. The number of hydrogen-bond donors (Lipinski definition) is 1. The summed E-state index contributed by atoms with van der Waals surface area (Å²) >= 11 is 0. The second kappa shape index (κ2) is 6.94. The topological polar surface area (TPSA) is 41.6 Å². The number of hydrogen-bond acceptors (Lipinski definition) is 4. The van der Waals surface area contributed by atoms with E-state index in [-0.39, 0.29) is 5.97 Å². The summed E-state index contributed by atoms with van der Waals surface area (Å²) in [5.41, 5.74) is 2.63. The van der Waals surface area contributed by atoms with E-state index in [9.17, 15) is 4.79 Å². The number of rotatable bonds is 4. The zero-order valence-corrected chi connectivity index (χ0v) is 13.5. The van der Waals surface area contributed by atoms with Gasteiger partial charge in [0.2, 0.25) is 0 Å². The lowest BCUT2D eigenvalue weighted by molar-refractivity contribution is 0.0600. The van der Waals surface area contributed by atoms with E-state index in [1.54, 1.807) is 0 Å². The molecule has 1 aliphatic rings. The van der Waals surface area contributed by atoms with Crippen molar-refractivity contribution in [3.8, 4) is 0 Å². The fraction of sp³-hybridized carbons (Fsp3) is 0.588. The Bertz CT molecular complexity index is 494. The zero-order chi connectivity index (χ0) is 15.4. The van der Waals surface area contributed by atoms with E-state index < -0.39 is 0 Å². The molecule has 1 aliphatic heterocycles. The normalized spacial score (nSPS) is 18.3. The largest absolute Gasteiger partial charge is 0.465 e. The molecule has 0 amide bonds. The van der Waals surface area contributed by atoms with E-state index in [0.29, 0.717) is 17.5 Å². The number of carbonyl (C=O) groups is 1. The van der Waals surface area contributed by atoms with Crippen molar-refractivity contribution in [2.45, 2.75) is 32.7 Å². The highest BCUT2D eigenvalue weighted by atomic mass is 16.5. The van der Waals surface area contributed by atoms with Crippen molar-refractivity contribution < 1.29 is 9.53 Å². The third-order valence-corrected chi connectivity index (χ3v) is 4.59. The molecule has 0 aromatic heterocycles. The molecule has 1 N–H and O–H groups in total. The Hall–Kier alpha value is -1.55. The summed E-state index contributed by atoms with van der Waals surface area (Å²) in [6.07, 6.45) is 2.45. The third kappa shape index (κ3) is 3.76.